The molecule has 1 saturated heterocycles. The molecule has 1 aromatic rings. The standard InChI is InChI=1S/C14H21ClN4O/c15-12-8-17-19(9-10-2-1-3-10)14(20)13(12)18-11-4-6-16-7-5-11/h8,10-11,16,18H,1-7,9H2. The molecule has 0 amide bonds. The van der Waals surface area contributed by atoms with Crippen molar-refractivity contribution in [3.8, 4) is 0 Å². The van der Waals surface area contributed by atoms with Gasteiger partial charge in [-0.2, -0.15) is 5.10 Å². The normalized spacial score (nSPS) is 20.6. The van der Waals surface area contributed by atoms with Crippen molar-refractivity contribution in [3.05, 3.63) is 21.6 Å². The second-order valence-electron chi connectivity index (χ2n) is 5.82. The Bertz CT molecular complexity index is 520. The molecule has 1 aromatic heterocycles. The molecule has 2 heterocycles. The first-order valence-corrected chi connectivity index (χ1v) is 7.84. The molecule has 0 bridgehead atoms. The fourth-order valence-electron chi connectivity index (χ4n) is 2.82. The fraction of sp³-hybridized carbons (Fsp3) is 0.714. The van der Waals surface area contributed by atoms with E-state index in [1.807, 2.05) is 0 Å². The Kier molecular flexibility index (Phi) is 4.27. The lowest BCUT2D eigenvalue weighted by Crippen LogP contribution is -2.38. The van der Waals surface area contributed by atoms with Crippen molar-refractivity contribution in [2.24, 2.45) is 5.92 Å². The molecule has 1 saturated carbocycles. The molecule has 2 aliphatic rings. The van der Waals surface area contributed by atoms with Crippen LogP contribution in [0.2, 0.25) is 5.02 Å². The lowest BCUT2D eigenvalue weighted by molar-refractivity contribution is 0.262. The van der Waals surface area contributed by atoms with E-state index in [2.05, 4.69) is 15.7 Å². The van der Waals surface area contributed by atoms with Gasteiger partial charge in [0, 0.05) is 12.6 Å². The van der Waals surface area contributed by atoms with E-state index in [0.29, 0.717) is 22.7 Å². The third-order valence-electron chi connectivity index (χ3n) is 4.34. The predicted molar refractivity (Wildman–Crippen MR) is 80.4 cm³/mol. The quantitative estimate of drug-likeness (QED) is 0.890. The lowest BCUT2D eigenvalue weighted by Gasteiger charge is -2.27. The number of aromatic nitrogens is 2. The molecule has 3 rings (SSSR count). The van der Waals surface area contributed by atoms with E-state index in [4.69, 9.17) is 11.6 Å². The van der Waals surface area contributed by atoms with E-state index >= 15 is 0 Å². The molecule has 20 heavy (non-hydrogen) atoms. The highest BCUT2D eigenvalue weighted by Crippen LogP contribution is 2.27. The molecule has 6 heteroatoms. The van der Waals surface area contributed by atoms with Gasteiger partial charge in [0.25, 0.3) is 5.56 Å². The van der Waals surface area contributed by atoms with Crippen molar-refractivity contribution >= 4 is 17.3 Å². The number of piperidine rings is 1. The Morgan fingerprint density at radius 1 is 1.35 bits per heavy atom. The number of anilines is 1. The Hall–Kier alpha value is -1.07. The number of nitrogens with zero attached hydrogens (tertiary/aromatic N) is 2. The highest BCUT2D eigenvalue weighted by atomic mass is 35.5. The van der Waals surface area contributed by atoms with E-state index in [9.17, 15) is 4.79 Å². The Morgan fingerprint density at radius 2 is 2.10 bits per heavy atom. The SMILES string of the molecule is O=c1c(NC2CCNCC2)c(Cl)cnn1CC1CCC1. The zero-order valence-corrected chi connectivity index (χ0v) is 12.3. The van der Waals surface area contributed by atoms with Gasteiger partial charge in [-0.05, 0) is 44.7 Å². The highest BCUT2D eigenvalue weighted by molar-refractivity contribution is 6.33. The van der Waals surface area contributed by atoms with Gasteiger partial charge in [-0.25, -0.2) is 4.68 Å². The summed E-state index contributed by atoms with van der Waals surface area (Å²) in [7, 11) is 0. The topological polar surface area (TPSA) is 59.0 Å². The van der Waals surface area contributed by atoms with Crippen LogP contribution in [0.15, 0.2) is 11.0 Å². The number of hydrogen-bond donors (Lipinski definition) is 2. The minimum atomic E-state index is -0.0806. The number of rotatable bonds is 4. The highest BCUT2D eigenvalue weighted by Gasteiger charge is 2.21. The zero-order chi connectivity index (χ0) is 13.9. The van der Waals surface area contributed by atoms with Gasteiger partial charge in [0.05, 0.1) is 11.2 Å². The van der Waals surface area contributed by atoms with E-state index in [0.717, 1.165) is 32.5 Å². The molecule has 0 spiro atoms. The summed E-state index contributed by atoms with van der Waals surface area (Å²) in [5.41, 5.74) is 0.441. The Balaban J connectivity index is 1.77. The molecular weight excluding hydrogens is 276 g/mol. The van der Waals surface area contributed by atoms with E-state index in [1.165, 1.54) is 19.3 Å². The van der Waals surface area contributed by atoms with Crippen LogP contribution in [0.5, 0.6) is 0 Å². The smallest absolute Gasteiger partial charge is 0.291 e. The van der Waals surface area contributed by atoms with Crippen molar-refractivity contribution in [1.82, 2.24) is 15.1 Å². The maximum absolute atomic E-state index is 12.5. The van der Waals surface area contributed by atoms with Crippen LogP contribution in [-0.2, 0) is 6.54 Å². The van der Waals surface area contributed by atoms with E-state index in [1.54, 1.807) is 10.9 Å². The molecule has 0 radical (unpaired) electrons. The van der Waals surface area contributed by atoms with Gasteiger partial charge in [-0.1, -0.05) is 18.0 Å². The maximum Gasteiger partial charge on any atom is 0.291 e. The van der Waals surface area contributed by atoms with Gasteiger partial charge in [0.15, 0.2) is 0 Å². The van der Waals surface area contributed by atoms with Gasteiger partial charge in [0.1, 0.15) is 5.69 Å². The van der Waals surface area contributed by atoms with Gasteiger partial charge in [-0.15, -0.1) is 0 Å². The third-order valence-corrected chi connectivity index (χ3v) is 4.63. The molecule has 2 fully saturated rings. The number of halogens is 1. The summed E-state index contributed by atoms with van der Waals surface area (Å²) >= 11 is 6.15. The van der Waals surface area contributed by atoms with Gasteiger partial charge >= 0.3 is 0 Å². The van der Waals surface area contributed by atoms with Crippen LogP contribution in [0.4, 0.5) is 5.69 Å². The van der Waals surface area contributed by atoms with Crippen molar-refractivity contribution in [2.75, 3.05) is 18.4 Å². The first-order chi connectivity index (χ1) is 9.74. The molecule has 2 N–H and O–H groups in total. The largest absolute Gasteiger partial charge is 0.376 e. The van der Waals surface area contributed by atoms with Crippen LogP contribution in [0.25, 0.3) is 0 Å². The van der Waals surface area contributed by atoms with Crippen LogP contribution >= 0.6 is 11.6 Å². The average molecular weight is 297 g/mol. The van der Waals surface area contributed by atoms with E-state index < -0.39 is 0 Å². The lowest BCUT2D eigenvalue weighted by atomic mass is 9.85. The van der Waals surface area contributed by atoms with E-state index in [-0.39, 0.29) is 5.56 Å². The molecule has 0 unspecified atom stereocenters. The minimum absolute atomic E-state index is 0.0806. The molecule has 1 aliphatic carbocycles. The molecule has 0 aromatic carbocycles. The van der Waals surface area contributed by atoms with Crippen molar-refractivity contribution in [3.63, 3.8) is 0 Å². The van der Waals surface area contributed by atoms with Crippen molar-refractivity contribution in [1.29, 1.82) is 0 Å². The fourth-order valence-corrected chi connectivity index (χ4v) is 3.00. The molecular formula is C14H21ClN4O. The van der Waals surface area contributed by atoms with Crippen molar-refractivity contribution in [2.45, 2.75) is 44.7 Å². The third kappa shape index (κ3) is 2.99. The Labute approximate surface area is 123 Å². The average Bonchev–Trinajstić information content (AvgIpc) is 2.42. The monoisotopic (exact) mass is 296 g/mol. The van der Waals surface area contributed by atoms with Crippen LogP contribution in [0, 0.1) is 5.92 Å². The van der Waals surface area contributed by atoms with Crippen LogP contribution in [0.1, 0.15) is 32.1 Å². The summed E-state index contributed by atoms with van der Waals surface area (Å²) in [5, 5.41) is 11.2. The first-order valence-electron chi connectivity index (χ1n) is 7.47. The predicted octanol–water partition coefficient (Wildman–Crippen LogP) is 1.86. The minimum Gasteiger partial charge on any atom is -0.376 e. The summed E-state index contributed by atoms with van der Waals surface area (Å²) in [4.78, 5) is 12.5. The molecule has 0 atom stereocenters. The maximum atomic E-state index is 12.5. The summed E-state index contributed by atoms with van der Waals surface area (Å²) in [5.74, 6) is 0.605. The summed E-state index contributed by atoms with van der Waals surface area (Å²) < 4.78 is 1.57. The second-order valence-corrected chi connectivity index (χ2v) is 6.23. The molecule has 110 valence electrons. The molecule has 5 nitrogen and oxygen atoms in total. The summed E-state index contributed by atoms with van der Waals surface area (Å²) in [6.45, 7) is 2.68. The number of nitrogens with one attached hydrogen (secondary N) is 2. The van der Waals surface area contributed by atoms with Gasteiger partial charge in [-0.3, -0.25) is 4.79 Å². The zero-order valence-electron chi connectivity index (χ0n) is 11.6. The van der Waals surface area contributed by atoms with Crippen LogP contribution in [-0.4, -0.2) is 28.9 Å². The molecule has 1 aliphatic heterocycles. The van der Waals surface area contributed by atoms with Crippen molar-refractivity contribution < 1.29 is 0 Å². The van der Waals surface area contributed by atoms with Gasteiger partial charge in [0.2, 0.25) is 0 Å². The first kappa shape index (κ1) is 13.9. The van der Waals surface area contributed by atoms with Crippen LogP contribution < -0.4 is 16.2 Å². The second kappa shape index (κ2) is 6.14. The Morgan fingerprint density at radius 3 is 2.75 bits per heavy atom. The number of hydrogen-bond acceptors (Lipinski definition) is 4. The van der Waals surface area contributed by atoms with Gasteiger partial charge < -0.3 is 10.6 Å². The summed E-state index contributed by atoms with van der Waals surface area (Å²) in [6.07, 6.45) is 7.29. The van der Waals surface area contributed by atoms with Crippen LogP contribution in [0.3, 0.4) is 0 Å². The summed E-state index contributed by atoms with van der Waals surface area (Å²) in [6, 6.07) is 0.320.